The van der Waals surface area contributed by atoms with E-state index < -0.39 is 11.8 Å². The molecule has 110 valence electrons. The average molecular weight is 359 g/mol. The topological polar surface area (TPSA) is 86.9 Å². The second-order valence-electron chi connectivity index (χ2n) is 4.56. The first-order valence-corrected chi connectivity index (χ1v) is 7.23. The summed E-state index contributed by atoms with van der Waals surface area (Å²) in [5, 5.41) is 12.7. The molecule has 2 amide bonds. The number of rotatable bonds is 2. The van der Waals surface area contributed by atoms with Gasteiger partial charge in [0.2, 0.25) is 0 Å². The molecule has 1 aromatic heterocycles. The number of para-hydroxylation sites is 1. The number of fused-ring (bicyclic) bond motifs is 1. The Morgan fingerprint density at radius 2 is 1.82 bits per heavy atom. The molecule has 22 heavy (non-hydrogen) atoms. The van der Waals surface area contributed by atoms with Gasteiger partial charge in [0.1, 0.15) is 0 Å². The van der Waals surface area contributed by atoms with Gasteiger partial charge in [-0.25, -0.2) is 0 Å². The summed E-state index contributed by atoms with van der Waals surface area (Å²) in [4.78, 5) is 23.9. The first-order valence-electron chi connectivity index (χ1n) is 6.43. The number of amides is 2. The van der Waals surface area contributed by atoms with Crippen molar-refractivity contribution >= 4 is 50.0 Å². The molecule has 0 radical (unpaired) electrons. The molecule has 3 aromatic rings. The first kappa shape index (κ1) is 14.3. The van der Waals surface area contributed by atoms with Crippen LogP contribution in [0.25, 0.3) is 10.9 Å². The molecule has 3 N–H and O–H groups in total. The number of aromatic nitrogens is 2. The quantitative estimate of drug-likeness (QED) is 0.615. The van der Waals surface area contributed by atoms with Crippen LogP contribution >= 0.6 is 15.9 Å². The lowest BCUT2D eigenvalue weighted by molar-refractivity contribution is -0.133. The molecule has 0 saturated carbocycles. The van der Waals surface area contributed by atoms with Crippen LogP contribution in [0.1, 0.15) is 0 Å². The van der Waals surface area contributed by atoms with E-state index in [-0.39, 0.29) is 0 Å². The van der Waals surface area contributed by atoms with E-state index in [1.54, 1.807) is 42.6 Å². The zero-order valence-electron chi connectivity index (χ0n) is 11.3. The molecule has 0 atom stereocenters. The monoisotopic (exact) mass is 358 g/mol. The Hall–Kier alpha value is -2.67. The molecule has 0 bridgehead atoms. The van der Waals surface area contributed by atoms with E-state index in [0.717, 1.165) is 10.9 Å². The largest absolute Gasteiger partial charge is 0.318 e. The fourth-order valence-electron chi connectivity index (χ4n) is 1.94. The molecular weight excluding hydrogens is 348 g/mol. The van der Waals surface area contributed by atoms with Gasteiger partial charge >= 0.3 is 11.8 Å². The van der Waals surface area contributed by atoms with Crippen molar-refractivity contribution in [1.29, 1.82) is 0 Å². The van der Waals surface area contributed by atoms with E-state index in [1.165, 1.54) is 0 Å². The van der Waals surface area contributed by atoms with Gasteiger partial charge in [0.05, 0.1) is 17.4 Å². The minimum absolute atomic E-state index is 0.518. The third-order valence-corrected chi connectivity index (χ3v) is 3.72. The second kappa shape index (κ2) is 5.98. The molecule has 0 unspecified atom stereocenters. The molecule has 0 fully saturated rings. The molecule has 7 heteroatoms. The van der Waals surface area contributed by atoms with Crippen LogP contribution in [-0.4, -0.2) is 22.0 Å². The highest BCUT2D eigenvalue weighted by Gasteiger charge is 2.15. The Balaban J connectivity index is 1.70. The van der Waals surface area contributed by atoms with Crippen molar-refractivity contribution < 1.29 is 9.59 Å². The number of anilines is 2. The number of benzene rings is 2. The number of H-pyrrole nitrogens is 1. The van der Waals surface area contributed by atoms with Crippen molar-refractivity contribution in [3.05, 3.63) is 53.1 Å². The van der Waals surface area contributed by atoms with Gasteiger partial charge < -0.3 is 10.6 Å². The van der Waals surface area contributed by atoms with Crippen LogP contribution in [0.3, 0.4) is 0 Å². The van der Waals surface area contributed by atoms with E-state index in [2.05, 4.69) is 36.8 Å². The smallest absolute Gasteiger partial charge is 0.314 e. The molecule has 1 heterocycles. The van der Waals surface area contributed by atoms with E-state index in [1.807, 2.05) is 6.07 Å². The maximum Gasteiger partial charge on any atom is 0.314 e. The van der Waals surface area contributed by atoms with Crippen LogP contribution in [0.15, 0.2) is 53.1 Å². The van der Waals surface area contributed by atoms with Crippen molar-refractivity contribution in [3.8, 4) is 0 Å². The molecule has 0 saturated heterocycles. The Morgan fingerprint density at radius 1 is 1.05 bits per heavy atom. The Kier molecular flexibility index (Phi) is 3.88. The van der Waals surface area contributed by atoms with Crippen molar-refractivity contribution in [1.82, 2.24) is 10.2 Å². The van der Waals surface area contributed by atoms with Gasteiger partial charge in [-0.2, -0.15) is 5.10 Å². The first-order chi connectivity index (χ1) is 10.6. The molecule has 0 aliphatic rings. The summed E-state index contributed by atoms with van der Waals surface area (Å²) in [6.45, 7) is 0. The third-order valence-electron chi connectivity index (χ3n) is 3.03. The predicted molar refractivity (Wildman–Crippen MR) is 87.5 cm³/mol. The highest BCUT2D eigenvalue weighted by atomic mass is 79.9. The number of nitrogens with one attached hydrogen (secondary N) is 3. The van der Waals surface area contributed by atoms with Crippen LogP contribution in [0, 0.1) is 0 Å². The molecule has 3 rings (SSSR count). The van der Waals surface area contributed by atoms with Gasteiger partial charge in [0.15, 0.2) is 0 Å². The SMILES string of the molecule is O=C(Nc1ccc2cn[nH]c2c1)C(=O)Nc1ccccc1Br. The van der Waals surface area contributed by atoms with Gasteiger partial charge in [-0.05, 0) is 46.3 Å². The summed E-state index contributed by atoms with van der Waals surface area (Å²) in [6.07, 6.45) is 1.68. The van der Waals surface area contributed by atoms with E-state index >= 15 is 0 Å². The standard InChI is InChI=1S/C15H11BrN4O2/c16-11-3-1-2-4-12(11)19-15(22)14(21)18-10-6-5-9-8-17-20-13(9)7-10/h1-8H,(H,17,20)(H,18,21)(H,19,22). The summed E-state index contributed by atoms with van der Waals surface area (Å²) in [6, 6.07) is 12.3. The molecule has 6 nitrogen and oxygen atoms in total. The summed E-state index contributed by atoms with van der Waals surface area (Å²) in [5.74, 6) is -1.48. The maximum absolute atomic E-state index is 11.9. The summed E-state index contributed by atoms with van der Waals surface area (Å²) in [7, 11) is 0. The zero-order valence-corrected chi connectivity index (χ0v) is 12.8. The lowest BCUT2D eigenvalue weighted by atomic mass is 10.2. The average Bonchev–Trinajstić information content (AvgIpc) is 2.97. The maximum atomic E-state index is 11.9. The Bertz CT molecular complexity index is 859. The molecular formula is C15H11BrN4O2. The number of hydrogen-bond acceptors (Lipinski definition) is 3. The number of carbonyl (C=O) groups is 2. The van der Waals surface area contributed by atoms with Crippen molar-refractivity contribution in [2.24, 2.45) is 0 Å². The number of aromatic amines is 1. The van der Waals surface area contributed by atoms with Crippen molar-refractivity contribution in [3.63, 3.8) is 0 Å². The van der Waals surface area contributed by atoms with Crippen molar-refractivity contribution in [2.45, 2.75) is 0 Å². The predicted octanol–water partition coefficient (Wildman–Crippen LogP) is 2.90. The third kappa shape index (κ3) is 2.99. The minimum atomic E-state index is -0.741. The summed E-state index contributed by atoms with van der Waals surface area (Å²) >= 11 is 3.31. The number of nitrogens with zero attached hydrogens (tertiary/aromatic N) is 1. The summed E-state index contributed by atoms with van der Waals surface area (Å²) < 4.78 is 0.704. The van der Waals surface area contributed by atoms with Gasteiger partial charge in [-0.15, -0.1) is 0 Å². The van der Waals surface area contributed by atoms with Gasteiger partial charge in [-0.3, -0.25) is 14.7 Å². The van der Waals surface area contributed by atoms with Crippen LogP contribution in [0.2, 0.25) is 0 Å². The van der Waals surface area contributed by atoms with Crippen LogP contribution < -0.4 is 10.6 Å². The normalized spacial score (nSPS) is 10.4. The number of hydrogen-bond donors (Lipinski definition) is 3. The van der Waals surface area contributed by atoms with Crippen molar-refractivity contribution in [2.75, 3.05) is 10.6 Å². The molecule has 2 aromatic carbocycles. The number of halogens is 1. The molecule has 0 aliphatic heterocycles. The lowest BCUT2D eigenvalue weighted by Gasteiger charge is -2.08. The fourth-order valence-corrected chi connectivity index (χ4v) is 2.33. The molecule has 0 spiro atoms. The Morgan fingerprint density at radius 3 is 2.64 bits per heavy atom. The van der Waals surface area contributed by atoms with Crippen LogP contribution in [0.5, 0.6) is 0 Å². The second-order valence-corrected chi connectivity index (χ2v) is 5.41. The highest BCUT2D eigenvalue weighted by Crippen LogP contribution is 2.21. The minimum Gasteiger partial charge on any atom is -0.318 e. The van der Waals surface area contributed by atoms with Gasteiger partial charge in [0.25, 0.3) is 0 Å². The zero-order chi connectivity index (χ0) is 15.5. The number of carbonyl (C=O) groups excluding carboxylic acids is 2. The van der Waals surface area contributed by atoms with Crippen LogP contribution in [0.4, 0.5) is 11.4 Å². The van der Waals surface area contributed by atoms with Gasteiger partial charge in [-0.1, -0.05) is 12.1 Å². The fraction of sp³-hybridized carbons (Fsp3) is 0. The molecule has 0 aliphatic carbocycles. The van der Waals surface area contributed by atoms with E-state index in [9.17, 15) is 9.59 Å². The van der Waals surface area contributed by atoms with Gasteiger partial charge in [0, 0.05) is 15.5 Å². The van der Waals surface area contributed by atoms with E-state index in [0.29, 0.717) is 15.8 Å². The van der Waals surface area contributed by atoms with E-state index in [4.69, 9.17) is 0 Å². The lowest BCUT2D eigenvalue weighted by Crippen LogP contribution is -2.29. The van der Waals surface area contributed by atoms with Crippen LogP contribution in [-0.2, 0) is 9.59 Å². The highest BCUT2D eigenvalue weighted by molar-refractivity contribution is 9.10. The summed E-state index contributed by atoms with van der Waals surface area (Å²) in [5.41, 5.74) is 1.83. The Labute approximate surface area is 134 Å².